The number of amides is 1. The molecule has 0 saturated heterocycles. The molecule has 1 atom stereocenters. The molecule has 5 heteroatoms. The zero-order chi connectivity index (χ0) is 16.2. The normalized spacial score (nSPS) is 11.9. The average Bonchev–Trinajstić information content (AvgIpc) is 3.09. The van der Waals surface area contributed by atoms with E-state index < -0.39 is 5.82 Å². The first-order valence-corrected chi connectivity index (χ1v) is 7.28. The van der Waals surface area contributed by atoms with Crippen LogP contribution in [0.3, 0.4) is 0 Å². The van der Waals surface area contributed by atoms with Crippen LogP contribution in [0.4, 0.5) is 4.39 Å². The number of rotatable bonds is 4. The predicted octanol–water partition coefficient (Wildman–Crippen LogP) is 3.50. The molecular formula is C18H16FN3O. The van der Waals surface area contributed by atoms with E-state index in [1.54, 1.807) is 18.6 Å². The summed E-state index contributed by atoms with van der Waals surface area (Å²) in [4.78, 5) is 16.2. The highest BCUT2D eigenvalue weighted by atomic mass is 19.1. The molecule has 0 radical (unpaired) electrons. The lowest BCUT2D eigenvalue weighted by Gasteiger charge is -2.15. The van der Waals surface area contributed by atoms with Crippen molar-refractivity contribution in [3.8, 4) is 5.69 Å². The van der Waals surface area contributed by atoms with Crippen molar-refractivity contribution in [1.82, 2.24) is 14.9 Å². The van der Waals surface area contributed by atoms with Gasteiger partial charge in [0.2, 0.25) is 0 Å². The highest BCUT2D eigenvalue weighted by molar-refractivity contribution is 5.94. The van der Waals surface area contributed by atoms with Crippen LogP contribution in [0.2, 0.25) is 0 Å². The van der Waals surface area contributed by atoms with Gasteiger partial charge < -0.3 is 9.88 Å². The van der Waals surface area contributed by atoms with Crippen LogP contribution in [0.25, 0.3) is 5.69 Å². The monoisotopic (exact) mass is 309 g/mol. The largest absolute Gasteiger partial charge is 0.346 e. The summed E-state index contributed by atoms with van der Waals surface area (Å²) in [6.45, 7) is 1.89. The number of halogens is 1. The number of carbonyl (C=O) groups is 1. The maximum Gasteiger partial charge on any atom is 0.251 e. The number of carbonyl (C=O) groups excluding carboxylic acids is 1. The summed E-state index contributed by atoms with van der Waals surface area (Å²) in [7, 11) is 0. The molecule has 2 aromatic carbocycles. The lowest BCUT2D eigenvalue weighted by Crippen LogP contribution is -2.26. The maximum absolute atomic E-state index is 13.2. The maximum atomic E-state index is 13.2. The molecule has 0 saturated carbocycles. The second-order valence-electron chi connectivity index (χ2n) is 5.27. The third-order valence-corrected chi connectivity index (χ3v) is 3.63. The molecule has 0 aliphatic carbocycles. The van der Waals surface area contributed by atoms with Gasteiger partial charge in [0.05, 0.1) is 12.4 Å². The van der Waals surface area contributed by atoms with Crippen molar-refractivity contribution in [3.05, 3.63) is 84.2 Å². The number of nitrogens with one attached hydrogen (secondary N) is 1. The smallest absolute Gasteiger partial charge is 0.251 e. The van der Waals surface area contributed by atoms with Crippen molar-refractivity contribution in [2.24, 2.45) is 0 Å². The van der Waals surface area contributed by atoms with Crippen LogP contribution in [0, 0.1) is 5.82 Å². The third kappa shape index (κ3) is 3.45. The molecule has 116 valence electrons. The first-order valence-electron chi connectivity index (χ1n) is 7.28. The lowest BCUT2D eigenvalue weighted by molar-refractivity contribution is 0.0939. The lowest BCUT2D eigenvalue weighted by atomic mass is 10.1. The topological polar surface area (TPSA) is 46.9 Å². The minimum absolute atomic E-state index is 0.178. The molecule has 1 aromatic heterocycles. The van der Waals surface area contributed by atoms with E-state index in [4.69, 9.17) is 0 Å². The molecule has 0 aliphatic rings. The van der Waals surface area contributed by atoms with E-state index in [1.807, 2.05) is 42.0 Å². The van der Waals surface area contributed by atoms with Gasteiger partial charge in [-0.25, -0.2) is 9.37 Å². The van der Waals surface area contributed by atoms with E-state index in [0.29, 0.717) is 5.56 Å². The second kappa shape index (κ2) is 6.44. The highest BCUT2D eigenvalue weighted by Gasteiger charge is 2.12. The Hall–Kier alpha value is -2.95. The summed E-state index contributed by atoms with van der Waals surface area (Å²) in [5.41, 5.74) is 2.28. The summed E-state index contributed by atoms with van der Waals surface area (Å²) >= 11 is 0. The van der Waals surface area contributed by atoms with Gasteiger partial charge in [-0.1, -0.05) is 18.2 Å². The number of imidazole rings is 1. The van der Waals surface area contributed by atoms with Crippen LogP contribution in [0.5, 0.6) is 0 Å². The molecule has 0 aliphatic heterocycles. The minimum atomic E-state index is -0.421. The zero-order valence-corrected chi connectivity index (χ0v) is 12.6. The van der Waals surface area contributed by atoms with Crippen LogP contribution in [0.15, 0.2) is 67.3 Å². The second-order valence-corrected chi connectivity index (χ2v) is 5.27. The molecule has 0 spiro atoms. The van der Waals surface area contributed by atoms with Gasteiger partial charge in [-0.05, 0) is 42.8 Å². The Bertz CT molecular complexity index is 797. The summed E-state index contributed by atoms with van der Waals surface area (Å²) in [6, 6.07) is 13.3. The quantitative estimate of drug-likeness (QED) is 0.802. The molecule has 4 nitrogen and oxygen atoms in total. The van der Waals surface area contributed by atoms with E-state index in [-0.39, 0.29) is 11.9 Å². The summed E-state index contributed by atoms with van der Waals surface area (Å²) in [6.07, 6.45) is 5.31. The highest BCUT2D eigenvalue weighted by Crippen LogP contribution is 2.16. The summed E-state index contributed by atoms with van der Waals surface area (Å²) in [5, 5.41) is 2.87. The summed E-state index contributed by atoms with van der Waals surface area (Å²) in [5.74, 6) is -0.717. The summed E-state index contributed by atoms with van der Waals surface area (Å²) < 4.78 is 15.1. The van der Waals surface area contributed by atoms with Gasteiger partial charge in [0, 0.05) is 23.6 Å². The molecule has 23 heavy (non-hydrogen) atoms. The van der Waals surface area contributed by atoms with E-state index >= 15 is 0 Å². The third-order valence-electron chi connectivity index (χ3n) is 3.63. The Balaban J connectivity index is 1.70. The fourth-order valence-electron chi connectivity index (χ4n) is 2.34. The Morgan fingerprint density at radius 3 is 2.65 bits per heavy atom. The molecule has 3 aromatic rings. The molecule has 1 heterocycles. The number of aromatic nitrogens is 2. The molecule has 3 rings (SSSR count). The molecule has 1 N–H and O–H groups in total. The van der Waals surface area contributed by atoms with Gasteiger partial charge in [0.15, 0.2) is 0 Å². The van der Waals surface area contributed by atoms with Crippen molar-refractivity contribution >= 4 is 5.91 Å². The van der Waals surface area contributed by atoms with Crippen molar-refractivity contribution in [2.75, 3.05) is 0 Å². The van der Waals surface area contributed by atoms with Gasteiger partial charge in [-0.15, -0.1) is 0 Å². The van der Waals surface area contributed by atoms with Crippen LogP contribution in [-0.2, 0) is 0 Å². The number of nitrogens with zero attached hydrogens (tertiary/aromatic N) is 2. The molecule has 1 amide bonds. The van der Waals surface area contributed by atoms with Crippen molar-refractivity contribution in [1.29, 1.82) is 0 Å². The van der Waals surface area contributed by atoms with E-state index in [1.165, 1.54) is 18.2 Å². The Morgan fingerprint density at radius 1 is 1.22 bits per heavy atom. The van der Waals surface area contributed by atoms with Gasteiger partial charge in [0.25, 0.3) is 5.91 Å². The molecule has 1 unspecified atom stereocenters. The van der Waals surface area contributed by atoms with E-state index in [2.05, 4.69) is 10.3 Å². The Morgan fingerprint density at radius 2 is 2.00 bits per heavy atom. The molecule has 0 fully saturated rings. The number of hydrogen-bond acceptors (Lipinski definition) is 2. The van der Waals surface area contributed by atoms with Gasteiger partial charge in [0.1, 0.15) is 5.82 Å². The fourth-order valence-corrected chi connectivity index (χ4v) is 2.34. The van der Waals surface area contributed by atoms with E-state index in [0.717, 1.165) is 11.3 Å². The van der Waals surface area contributed by atoms with Crippen molar-refractivity contribution < 1.29 is 9.18 Å². The Kier molecular flexibility index (Phi) is 4.19. The Labute approximate surface area is 133 Å². The number of hydrogen-bond donors (Lipinski definition) is 1. The van der Waals surface area contributed by atoms with Crippen LogP contribution >= 0.6 is 0 Å². The standard InChI is InChI=1S/C18H16FN3O/c1-13(21-18(23)15-3-2-4-16(19)11-15)14-5-7-17(8-6-14)22-10-9-20-12-22/h2-13H,1H3,(H,21,23). The SMILES string of the molecule is CC(NC(=O)c1cccc(F)c1)c1ccc(-n2ccnc2)cc1. The first kappa shape index (κ1) is 15.0. The van der Waals surface area contributed by atoms with Crippen LogP contribution in [-0.4, -0.2) is 15.5 Å². The zero-order valence-electron chi connectivity index (χ0n) is 12.6. The number of benzene rings is 2. The van der Waals surface area contributed by atoms with Crippen LogP contribution < -0.4 is 5.32 Å². The average molecular weight is 309 g/mol. The van der Waals surface area contributed by atoms with Gasteiger partial charge >= 0.3 is 0 Å². The first-order chi connectivity index (χ1) is 11.1. The van der Waals surface area contributed by atoms with Crippen molar-refractivity contribution in [2.45, 2.75) is 13.0 Å². The van der Waals surface area contributed by atoms with E-state index in [9.17, 15) is 9.18 Å². The van der Waals surface area contributed by atoms with Crippen LogP contribution in [0.1, 0.15) is 28.9 Å². The fraction of sp³-hybridized carbons (Fsp3) is 0.111. The molecular weight excluding hydrogens is 293 g/mol. The van der Waals surface area contributed by atoms with Crippen molar-refractivity contribution in [3.63, 3.8) is 0 Å². The van der Waals surface area contributed by atoms with Gasteiger partial charge in [-0.3, -0.25) is 4.79 Å². The van der Waals surface area contributed by atoms with Gasteiger partial charge in [-0.2, -0.15) is 0 Å². The predicted molar refractivity (Wildman–Crippen MR) is 85.8 cm³/mol. The minimum Gasteiger partial charge on any atom is -0.346 e. The molecule has 0 bridgehead atoms.